The minimum atomic E-state index is 0.920. The van der Waals surface area contributed by atoms with Gasteiger partial charge in [0.15, 0.2) is 0 Å². The van der Waals surface area contributed by atoms with Gasteiger partial charge in [-0.15, -0.1) is 0 Å². The van der Waals surface area contributed by atoms with E-state index in [1.165, 1.54) is 25.1 Å². The molecular formula is C12H19N3. The number of pyridine rings is 1. The Bertz CT molecular complexity index is 320. The summed E-state index contributed by atoms with van der Waals surface area (Å²) in [5.41, 5.74) is 2.32. The molecule has 82 valence electrons. The minimum absolute atomic E-state index is 0.920. The van der Waals surface area contributed by atoms with Crippen molar-refractivity contribution in [2.45, 2.75) is 19.8 Å². The van der Waals surface area contributed by atoms with Crippen LogP contribution in [0.15, 0.2) is 18.5 Å². The van der Waals surface area contributed by atoms with E-state index in [2.05, 4.69) is 28.2 Å². The van der Waals surface area contributed by atoms with Gasteiger partial charge in [-0.3, -0.25) is 4.98 Å². The highest BCUT2D eigenvalue weighted by Crippen LogP contribution is 2.31. The molecule has 1 aromatic heterocycles. The lowest BCUT2D eigenvalue weighted by atomic mass is 10.3. The summed E-state index contributed by atoms with van der Waals surface area (Å²) in [7, 11) is 1.93. The zero-order valence-electron chi connectivity index (χ0n) is 9.53. The lowest BCUT2D eigenvalue weighted by Gasteiger charge is -2.23. The fourth-order valence-electron chi connectivity index (χ4n) is 1.77. The van der Waals surface area contributed by atoms with Crippen molar-refractivity contribution in [3.8, 4) is 0 Å². The predicted octanol–water partition coefficient (Wildman–Crippen LogP) is 2.36. The van der Waals surface area contributed by atoms with Crippen molar-refractivity contribution >= 4 is 11.4 Å². The summed E-state index contributed by atoms with van der Waals surface area (Å²) < 4.78 is 0. The third kappa shape index (κ3) is 2.61. The van der Waals surface area contributed by atoms with E-state index in [1.807, 2.05) is 19.4 Å². The first kappa shape index (κ1) is 10.3. The van der Waals surface area contributed by atoms with Gasteiger partial charge < -0.3 is 10.2 Å². The molecule has 1 aliphatic rings. The van der Waals surface area contributed by atoms with E-state index in [-0.39, 0.29) is 0 Å². The zero-order valence-corrected chi connectivity index (χ0v) is 9.53. The molecule has 0 amide bonds. The van der Waals surface area contributed by atoms with Crippen LogP contribution in [0.4, 0.5) is 11.4 Å². The highest BCUT2D eigenvalue weighted by atomic mass is 15.1. The van der Waals surface area contributed by atoms with Crippen LogP contribution in [0.5, 0.6) is 0 Å². The second-order valence-electron chi connectivity index (χ2n) is 4.16. The summed E-state index contributed by atoms with van der Waals surface area (Å²) in [6.45, 7) is 4.45. The molecule has 1 aliphatic carbocycles. The van der Waals surface area contributed by atoms with Crippen LogP contribution in [0.25, 0.3) is 0 Å². The van der Waals surface area contributed by atoms with Gasteiger partial charge in [-0.05, 0) is 31.7 Å². The maximum Gasteiger partial charge on any atom is 0.0573 e. The molecule has 0 bridgehead atoms. The molecule has 1 fully saturated rings. The molecule has 1 saturated carbocycles. The van der Waals surface area contributed by atoms with E-state index >= 15 is 0 Å². The number of hydrogen-bond donors (Lipinski definition) is 1. The Balaban J connectivity index is 2.09. The van der Waals surface area contributed by atoms with Crippen LogP contribution in [0.2, 0.25) is 0 Å². The molecule has 1 heterocycles. The van der Waals surface area contributed by atoms with Crippen molar-refractivity contribution in [3.63, 3.8) is 0 Å². The summed E-state index contributed by atoms with van der Waals surface area (Å²) >= 11 is 0. The third-order valence-corrected chi connectivity index (χ3v) is 2.93. The van der Waals surface area contributed by atoms with E-state index in [9.17, 15) is 0 Å². The Morgan fingerprint density at radius 1 is 1.47 bits per heavy atom. The lowest BCUT2D eigenvalue weighted by molar-refractivity contribution is 0.740. The number of hydrogen-bond acceptors (Lipinski definition) is 3. The van der Waals surface area contributed by atoms with Crippen molar-refractivity contribution in [2.75, 3.05) is 30.4 Å². The van der Waals surface area contributed by atoms with Crippen LogP contribution in [0.3, 0.4) is 0 Å². The van der Waals surface area contributed by atoms with Gasteiger partial charge in [0.2, 0.25) is 0 Å². The molecule has 1 N–H and O–H groups in total. The van der Waals surface area contributed by atoms with Gasteiger partial charge >= 0.3 is 0 Å². The smallest absolute Gasteiger partial charge is 0.0573 e. The molecule has 0 atom stereocenters. The maximum absolute atomic E-state index is 4.25. The molecule has 0 radical (unpaired) electrons. The van der Waals surface area contributed by atoms with E-state index in [0.717, 1.165) is 18.2 Å². The summed E-state index contributed by atoms with van der Waals surface area (Å²) in [4.78, 5) is 6.66. The zero-order chi connectivity index (χ0) is 10.7. The Morgan fingerprint density at radius 2 is 2.27 bits per heavy atom. The van der Waals surface area contributed by atoms with Gasteiger partial charge in [-0.2, -0.15) is 0 Å². The topological polar surface area (TPSA) is 28.2 Å². The maximum atomic E-state index is 4.25. The van der Waals surface area contributed by atoms with E-state index in [4.69, 9.17) is 0 Å². The molecule has 0 aromatic carbocycles. The second-order valence-corrected chi connectivity index (χ2v) is 4.16. The summed E-state index contributed by atoms with van der Waals surface area (Å²) in [5.74, 6) is 0.920. The standard InChI is InChI=1S/C12H19N3/c1-3-15(9-10-4-5-10)12-6-11(13-2)7-14-8-12/h6-8,10,13H,3-5,9H2,1-2H3. The molecule has 3 heteroatoms. The van der Waals surface area contributed by atoms with Crippen LogP contribution in [-0.4, -0.2) is 25.1 Å². The SMILES string of the molecule is CCN(CC1CC1)c1cncc(NC)c1. The first-order valence-corrected chi connectivity index (χ1v) is 5.71. The number of nitrogens with zero attached hydrogens (tertiary/aromatic N) is 2. The van der Waals surface area contributed by atoms with E-state index in [0.29, 0.717) is 0 Å². The van der Waals surface area contributed by atoms with Crippen LogP contribution in [0.1, 0.15) is 19.8 Å². The second kappa shape index (κ2) is 4.51. The van der Waals surface area contributed by atoms with Crippen molar-refractivity contribution in [3.05, 3.63) is 18.5 Å². The minimum Gasteiger partial charge on any atom is -0.387 e. The Labute approximate surface area is 91.5 Å². The molecule has 0 spiro atoms. The van der Waals surface area contributed by atoms with Crippen LogP contribution < -0.4 is 10.2 Å². The average Bonchev–Trinajstić information content (AvgIpc) is 3.10. The number of aromatic nitrogens is 1. The summed E-state index contributed by atoms with van der Waals surface area (Å²) in [5, 5.41) is 3.13. The average molecular weight is 205 g/mol. The lowest BCUT2D eigenvalue weighted by Crippen LogP contribution is -2.25. The Morgan fingerprint density at radius 3 is 2.87 bits per heavy atom. The van der Waals surface area contributed by atoms with Crippen molar-refractivity contribution in [2.24, 2.45) is 5.92 Å². The Kier molecular flexibility index (Phi) is 3.09. The largest absolute Gasteiger partial charge is 0.387 e. The highest BCUT2D eigenvalue weighted by molar-refractivity contribution is 5.55. The van der Waals surface area contributed by atoms with Gasteiger partial charge in [-0.25, -0.2) is 0 Å². The molecule has 0 unspecified atom stereocenters. The van der Waals surface area contributed by atoms with E-state index < -0.39 is 0 Å². The summed E-state index contributed by atoms with van der Waals surface area (Å²) in [6.07, 6.45) is 6.60. The number of rotatable bonds is 5. The van der Waals surface area contributed by atoms with Gasteiger partial charge in [0.1, 0.15) is 0 Å². The molecule has 0 aliphatic heterocycles. The molecule has 15 heavy (non-hydrogen) atoms. The summed E-state index contributed by atoms with van der Waals surface area (Å²) in [6, 6.07) is 2.17. The first-order valence-electron chi connectivity index (χ1n) is 5.71. The Hall–Kier alpha value is -1.25. The third-order valence-electron chi connectivity index (χ3n) is 2.93. The fourth-order valence-corrected chi connectivity index (χ4v) is 1.77. The van der Waals surface area contributed by atoms with Crippen LogP contribution >= 0.6 is 0 Å². The van der Waals surface area contributed by atoms with Gasteiger partial charge in [0.25, 0.3) is 0 Å². The molecule has 1 aromatic rings. The van der Waals surface area contributed by atoms with Crippen LogP contribution in [0, 0.1) is 5.92 Å². The van der Waals surface area contributed by atoms with Gasteiger partial charge in [-0.1, -0.05) is 0 Å². The first-order chi connectivity index (χ1) is 7.33. The molecular weight excluding hydrogens is 186 g/mol. The predicted molar refractivity (Wildman–Crippen MR) is 64.4 cm³/mol. The number of anilines is 2. The van der Waals surface area contributed by atoms with Crippen LogP contribution in [-0.2, 0) is 0 Å². The normalized spacial score (nSPS) is 15.1. The van der Waals surface area contributed by atoms with E-state index in [1.54, 1.807) is 0 Å². The number of nitrogens with one attached hydrogen (secondary N) is 1. The highest BCUT2D eigenvalue weighted by Gasteiger charge is 2.23. The fraction of sp³-hybridized carbons (Fsp3) is 0.583. The monoisotopic (exact) mass is 205 g/mol. The molecule has 3 nitrogen and oxygen atoms in total. The van der Waals surface area contributed by atoms with Gasteiger partial charge in [0.05, 0.1) is 23.8 Å². The molecule has 0 saturated heterocycles. The van der Waals surface area contributed by atoms with Crippen molar-refractivity contribution in [1.82, 2.24) is 4.98 Å². The van der Waals surface area contributed by atoms with Gasteiger partial charge in [0, 0.05) is 20.1 Å². The molecule has 2 rings (SSSR count). The van der Waals surface area contributed by atoms with Crippen molar-refractivity contribution in [1.29, 1.82) is 0 Å². The van der Waals surface area contributed by atoms with Crippen molar-refractivity contribution < 1.29 is 0 Å². The quantitative estimate of drug-likeness (QED) is 0.800.